The van der Waals surface area contributed by atoms with Crippen molar-refractivity contribution in [2.24, 2.45) is 0 Å². The number of rotatable bonds is 7. The van der Waals surface area contributed by atoms with Gasteiger partial charge >= 0.3 is 0 Å². The highest BCUT2D eigenvalue weighted by Gasteiger charge is 2.09. The molecule has 2 aromatic rings. The van der Waals surface area contributed by atoms with Crippen molar-refractivity contribution in [1.29, 1.82) is 0 Å². The van der Waals surface area contributed by atoms with Crippen LogP contribution in [-0.2, 0) is 6.42 Å². The molecule has 0 aliphatic heterocycles. The number of likely N-dealkylation sites (N-methyl/N-ethyl adjacent to an activating group) is 1. The molecule has 0 saturated heterocycles. The normalized spacial score (nSPS) is 12.3. The van der Waals surface area contributed by atoms with E-state index in [1.165, 1.54) is 11.0 Å². The lowest BCUT2D eigenvalue weighted by Gasteiger charge is -2.17. The largest absolute Gasteiger partial charge is 0.313 e. The predicted molar refractivity (Wildman–Crippen MR) is 84.7 cm³/mol. The van der Waals surface area contributed by atoms with Gasteiger partial charge in [0.25, 0.3) is 0 Å². The van der Waals surface area contributed by atoms with Crippen LogP contribution in [0, 0.1) is 5.82 Å². The molecule has 0 aliphatic carbocycles. The van der Waals surface area contributed by atoms with Crippen molar-refractivity contribution < 1.29 is 4.39 Å². The molecule has 0 saturated carbocycles. The quantitative estimate of drug-likeness (QED) is 0.769. The van der Waals surface area contributed by atoms with Crippen LogP contribution in [0.4, 0.5) is 4.39 Å². The zero-order valence-corrected chi connectivity index (χ0v) is 12.5. The van der Waals surface area contributed by atoms with Crippen molar-refractivity contribution >= 4 is 11.8 Å². The van der Waals surface area contributed by atoms with Gasteiger partial charge in [0.15, 0.2) is 0 Å². The Morgan fingerprint density at radius 2 is 1.90 bits per heavy atom. The van der Waals surface area contributed by atoms with Crippen LogP contribution < -0.4 is 5.32 Å². The topological polar surface area (TPSA) is 12.0 Å². The standard InChI is InChI=1S/C17H20FNS/c1-2-19-16(12-14-7-6-8-15(18)11-14)13-20-17-9-4-3-5-10-17/h3-11,16,19H,2,12-13H2,1H3. The second kappa shape index (κ2) is 8.08. The smallest absolute Gasteiger partial charge is 0.123 e. The van der Waals surface area contributed by atoms with Gasteiger partial charge in [-0.05, 0) is 42.8 Å². The summed E-state index contributed by atoms with van der Waals surface area (Å²) in [6, 6.07) is 17.6. The molecule has 2 rings (SSSR count). The Morgan fingerprint density at radius 3 is 2.60 bits per heavy atom. The van der Waals surface area contributed by atoms with Gasteiger partial charge in [-0.2, -0.15) is 0 Å². The van der Waals surface area contributed by atoms with Crippen LogP contribution in [0.15, 0.2) is 59.5 Å². The van der Waals surface area contributed by atoms with Crippen molar-refractivity contribution in [1.82, 2.24) is 5.32 Å². The van der Waals surface area contributed by atoms with E-state index in [0.717, 1.165) is 24.3 Å². The number of hydrogen-bond acceptors (Lipinski definition) is 2. The highest BCUT2D eigenvalue weighted by molar-refractivity contribution is 7.99. The van der Waals surface area contributed by atoms with E-state index in [0.29, 0.717) is 6.04 Å². The highest BCUT2D eigenvalue weighted by Crippen LogP contribution is 2.19. The monoisotopic (exact) mass is 289 g/mol. The lowest BCUT2D eigenvalue weighted by atomic mass is 10.1. The van der Waals surface area contributed by atoms with Crippen molar-refractivity contribution in [2.75, 3.05) is 12.3 Å². The molecule has 0 aromatic heterocycles. The molecule has 106 valence electrons. The molecular weight excluding hydrogens is 269 g/mol. The van der Waals surface area contributed by atoms with E-state index < -0.39 is 0 Å². The van der Waals surface area contributed by atoms with Gasteiger partial charge in [0.1, 0.15) is 5.82 Å². The summed E-state index contributed by atoms with van der Waals surface area (Å²) in [6.07, 6.45) is 0.853. The summed E-state index contributed by atoms with van der Waals surface area (Å²) in [6.45, 7) is 3.03. The number of thioether (sulfide) groups is 1. The maximum Gasteiger partial charge on any atom is 0.123 e. The Morgan fingerprint density at radius 1 is 1.10 bits per heavy atom. The molecule has 3 heteroatoms. The first-order chi connectivity index (χ1) is 9.78. The molecule has 0 spiro atoms. The molecule has 1 N–H and O–H groups in total. The first-order valence-electron chi connectivity index (χ1n) is 6.93. The fourth-order valence-corrected chi connectivity index (χ4v) is 3.12. The summed E-state index contributed by atoms with van der Waals surface area (Å²) in [5.74, 6) is 0.822. The number of halogens is 1. The Hall–Kier alpha value is -1.32. The van der Waals surface area contributed by atoms with Gasteiger partial charge in [0, 0.05) is 16.7 Å². The molecule has 0 heterocycles. The Bertz CT molecular complexity index is 515. The summed E-state index contributed by atoms with van der Waals surface area (Å²) in [5, 5.41) is 3.48. The molecule has 0 fully saturated rings. The van der Waals surface area contributed by atoms with Crippen LogP contribution >= 0.6 is 11.8 Å². The van der Waals surface area contributed by atoms with E-state index in [1.54, 1.807) is 12.1 Å². The lowest BCUT2D eigenvalue weighted by molar-refractivity contribution is 0.568. The van der Waals surface area contributed by atoms with E-state index in [-0.39, 0.29) is 5.82 Å². The summed E-state index contributed by atoms with van der Waals surface area (Å²) in [7, 11) is 0. The summed E-state index contributed by atoms with van der Waals surface area (Å²) >= 11 is 1.84. The van der Waals surface area contributed by atoms with Gasteiger partial charge in [0.2, 0.25) is 0 Å². The van der Waals surface area contributed by atoms with Gasteiger partial charge in [-0.25, -0.2) is 4.39 Å². The second-order valence-corrected chi connectivity index (χ2v) is 5.81. The van der Waals surface area contributed by atoms with Gasteiger partial charge < -0.3 is 5.32 Å². The van der Waals surface area contributed by atoms with Crippen LogP contribution in [0.5, 0.6) is 0 Å². The van der Waals surface area contributed by atoms with Crippen molar-refractivity contribution in [3.8, 4) is 0 Å². The maximum atomic E-state index is 13.2. The highest BCUT2D eigenvalue weighted by atomic mass is 32.2. The van der Waals surface area contributed by atoms with Gasteiger partial charge in [-0.1, -0.05) is 37.3 Å². The van der Waals surface area contributed by atoms with E-state index >= 15 is 0 Å². The molecule has 0 radical (unpaired) electrons. The third-order valence-electron chi connectivity index (χ3n) is 3.06. The zero-order valence-electron chi connectivity index (χ0n) is 11.7. The minimum Gasteiger partial charge on any atom is -0.313 e. The van der Waals surface area contributed by atoms with Crippen LogP contribution in [0.2, 0.25) is 0 Å². The first-order valence-corrected chi connectivity index (χ1v) is 7.92. The van der Waals surface area contributed by atoms with Crippen LogP contribution in [0.3, 0.4) is 0 Å². The molecule has 0 aliphatic rings. The minimum absolute atomic E-state index is 0.159. The fourth-order valence-electron chi connectivity index (χ4n) is 2.14. The van der Waals surface area contributed by atoms with Crippen LogP contribution in [0.1, 0.15) is 12.5 Å². The lowest BCUT2D eigenvalue weighted by Crippen LogP contribution is -2.33. The average Bonchev–Trinajstić information content (AvgIpc) is 2.46. The molecule has 20 heavy (non-hydrogen) atoms. The zero-order chi connectivity index (χ0) is 14.2. The third kappa shape index (κ3) is 4.99. The number of nitrogens with one attached hydrogen (secondary N) is 1. The first kappa shape index (κ1) is 15.1. The van der Waals surface area contributed by atoms with Crippen molar-refractivity contribution in [3.05, 3.63) is 66.0 Å². The molecule has 1 unspecified atom stereocenters. The van der Waals surface area contributed by atoms with E-state index in [9.17, 15) is 4.39 Å². The number of benzene rings is 2. The molecular formula is C17H20FNS. The Balaban J connectivity index is 1.93. The Labute approximate surface area is 124 Å². The van der Waals surface area contributed by atoms with Crippen LogP contribution in [0.25, 0.3) is 0 Å². The van der Waals surface area contributed by atoms with Crippen molar-refractivity contribution in [3.63, 3.8) is 0 Å². The molecule has 2 aromatic carbocycles. The summed E-state index contributed by atoms with van der Waals surface area (Å²) < 4.78 is 13.2. The minimum atomic E-state index is -0.159. The maximum absolute atomic E-state index is 13.2. The second-order valence-electron chi connectivity index (χ2n) is 4.71. The van der Waals surface area contributed by atoms with E-state index in [2.05, 4.69) is 36.5 Å². The van der Waals surface area contributed by atoms with Crippen molar-refractivity contribution in [2.45, 2.75) is 24.3 Å². The summed E-state index contributed by atoms with van der Waals surface area (Å²) in [4.78, 5) is 1.27. The fraction of sp³-hybridized carbons (Fsp3) is 0.294. The SMILES string of the molecule is CCNC(CSc1ccccc1)Cc1cccc(F)c1. The van der Waals surface area contributed by atoms with E-state index in [1.807, 2.05) is 23.9 Å². The van der Waals surface area contributed by atoms with E-state index in [4.69, 9.17) is 0 Å². The van der Waals surface area contributed by atoms with Gasteiger partial charge in [-0.15, -0.1) is 11.8 Å². The summed E-state index contributed by atoms with van der Waals surface area (Å²) in [5.41, 5.74) is 1.05. The average molecular weight is 289 g/mol. The predicted octanol–water partition coefficient (Wildman–Crippen LogP) is 4.14. The third-order valence-corrected chi connectivity index (χ3v) is 4.23. The van der Waals surface area contributed by atoms with Gasteiger partial charge in [0.05, 0.1) is 0 Å². The molecule has 1 nitrogen and oxygen atoms in total. The molecule has 0 amide bonds. The number of hydrogen-bond donors (Lipinski definition) is 1. The molecule has 1 atom stereocenters. The molecule has 0 bridgehead atoms. The van der Waals surface area contributed by atoms with Gasteiger partial charge in [-0.3, -0.25) is 0 Å². The van der Waals surface area contributed by atoms with Crippen LogP contribution in [-0.4, -0.2) is 18.3 Å². The Kier molecular flexibility index (Phi) is 6.09.